The molecule has 2 aromatic heterocycles. The van der Waals surface area contributed by atoms with E-state index in [4.69, 9.17) is 37.7 Å². The second-order valence-electron chi connectivity index (χ2n) is 26.4. The molecule has 454 valence electrons. The van der Waals surface area contributed by atoms with Crippen molar-refractivity contribution in [3.63, 3.8) is 0 Å². The average molecular weight is 1270 g/mol. The highest BCUT2D eigenvalue weighted by Gasteiger charge is 2.54. The van der Waals surface area contributed by atoms with Gasteiger partial charge in [-0.3, -0.25) is 9.59 Å². The molecule has 16 heteroatoms. The summed E-state index contributed by atoms with van der Waals surface area (Å²) in [7, 11) is -0.500. The van der Waals surface area contributed by atoms with E-state index in [-0.39, 0.29) is 72.9 Å². The number of fused-ring (bicyclic) bond motifs is 2. The van der Waals surface area contributed by atoms with Gasteiger partial charge in [-0.05, 0) is 188 Å². The normalized spacial score (nSPS) is 21.2. The predicted octanol–water partition coefficient (Wildman–Crippen LogP) is 16.6. The van der Waals surface area contributed by atoms with Gasteiger partial charge in [0.1, 0.15) is 22.8 Å². The van der Waals surface area contributed by atoms with Crippen molar-refractivity contribution < 1.29 is 56.1 Å². The third-order valence-corrected chi connectivity index (χ3v) is 15.2. The maximum Gasteiger partial charge on any atom is 0.513 e. The number of carbonyl (C=O) groups is 2. The van der Waals surface area contributed by atoms with Crippen molar-refractivity contribution in [1.29, 1.82) is 0 Å². The molecule has 5 heterocycles. The number of esters is 2. The zero-order valence-electron chi connectivity index (χ0n) is 52.5. The van der Waals surface area contributed by atoms with Gasteiger partial charge in [-0.2, -0.15) is 0 Å². The van der Waals surface area contributed by atoms with Gasteiger partial charge in [-0.25, -0.2) is 8.78 Å². The zero-order valence-corrected chi connectivity index (χ0v) is 54.7. The first-order valence-electron chi connectivity index (χ1n) is 29.3. The molecule has 0 N–H and O–H groups in total. The molecule has 0 radical (unpaired) electrons. The number of carbonyl (C=O) groups excluding carboxylic acids is 2. The van der Waals surface area contributed by atoms with E-state index in [2.05, 4.69) is 117 Å². The van der Waals surface area contributed by atoms with E-state index in [0.717, 1.165) is 55.3 Å². The fourth-order valence-corrected chi connectivity index (χ4v) is 11.5. The van der Waals surface area contributed by atoms with E-state index in [1.165, 1.54) is 24.3 Å². The maximum atomic E-state index is 13.8. The minimum absolute atomic E-state index is 0.0203. The molecule has 4 atom stereocenters. The number of halogens is 3. The van der Waals surface area contributed by atoms with E-state index in [1.807, 2.05) is 134 Å². The van der Waals surface area contributed by atoms with Crippen LogP contribution in [-0.4, -0.2) is 86.6 Å². The van der Waals surface area contributed by atoms with Crippen molar-refractivity contribution in [2.45, 2.75) is 221 Å². The van der Waals surface area contributed by atoms with Crippen LogP contribution in [-0.2, 0) is 47.3 Å². The summed E-state index contributed by atoms with van der Waals surface area (Å²) in [6.45, 7) is 35.5. The molecule has 9 rings (SSSR count). The third-order valence-electron chi connectivity index (χ3n) is 14.8. The Labute approximate surface area is 511 Å². The monoisotopic (exact) mass is 1270 g/mol. The molecule has 12 nitrogen and oxygen atoms in total. The van der Waals surface area contributed by atoms with Crippen LogP contribution in [0.4, 0.5) is 8.78 Å². The molecule has 0 aliphatic carbocycles. The highest BCUT2D eigenvalue weighted by atomic mass is 127. The number of hydrogen-bond donors (Lipinski definition) is 0. The average Bonchev–Trinajstić information content (AvgIpc) is 2.69. The van der Waals surface area contributed by atoms with Gasteiger partial charge in [0.25, 0.3) is 0 Å². The summed E-state index contributed by atoms with van der Waals surface area (Å²) >= 11 is 2.16. The molecule has 4 aromatic carbocycles. The van der Waals surface area contributed by atoms with Crippen LogP contribution in [0.3, 0.4) is 0 Å². The number of hydrogen-bond acceptors (Lipinski definition) is 10. The first kappa shape index (κ1) is 66.3. The van der Waals surface area contributed by atoms with Crippen LogP contribution in [0.5, 0.6) is 0 Å². The van der Waals surface area contributed by atoms with Gasteiger partial charge < -0.3 is 46.9 Å². The van der Waals surface area contributed by atoms with Crippen molar-refractivity contribution in [1.82, 2.24) is 9.13 Å². The first-order valence-corrected chi connectivity index (χ1v) is 30.5. The number of nitrogens with zero attached hydrogens (tertiary/aromatic N) is 2. The van der Waals surface area contributed by atoms with Gasteiger partial charge in [-0.1, -0.05) is 89.3 Å². The fourth-order valence-electron chi connectivity index (χ4n) is 11.1. The molecule has 6 aromatic rings. The third kappa shape index (κ3) is 16.9. The van der Waals surface area contributed by atoms with Crippen molar-refractivity contribution in [2.24, 2.45) is 0 Å². The van der Waals surface area contributed by atoms with E-state index in [9.17, 15) is 18.4 Å². The van der Waals surface area contributed by atoms with Gasteiger partial charge in [0.15, 0.2) is 11.6 Å². The van der Waals surface area contributed by atoms with Crippen LogP contribution >= 0.6 is 22.6 Å². The minimum Gasteiger partial charge on any atom is -0.460 e. The van der Waals surface area contributed by atoms with Crippen molar-refractivity contribution in [3.8, 4) is 22.3 Å². The number of para-hydroxylation sites is 2. The summed E-state index contributed by atoms with van der Waals surface area (Å²) in [6.07, 6.45) is 6.99. The smallest absolute Gasteiger partial charge is 0.460 e. The Morgan fingerprint density at radius 1 is 0.595 bits per heavy atom. The molecule has 3 aliphatic heterocycles. The fraction of sp³-hybridized carbons (Fsp3) is 0.500. The van der Waals surface area contributed by atoms with Gasteiger partial charge in [0, 0.05) is 63.6 Å². The molecule has 3 saturated heterocycles. The van der Waals surface area contributed by atoms with Crippen molar-refractivity contribution in [3.05, 3.63) is 131 Å². The van der Waals surface area contributed by atoms with E-state index in [0.29, 0.717) is 12.8 Å². The van der Waals surface area contributed by atoms with Gasteiger partial charge in [0.05, 0.1) is 54.1 Å². The highest BCUT2D eigenvalue weighted by Crippen LogP contribution is 2.42. The summed E-state index contributed by atoms with van der Waals surface area (Å²) in [5.41, 5.74) is 6.40. The Balaban J connectivity index is 0.000000191. The second kappa shape index (κ2) is 26.4. The lowest BCUT2D eigenvalue weighted by Crippen LogP contribution is -2.45. The van der Waals surface area contributed by atoms with Crippen LogP contribution in [0.25, 0.3) is 50.1 Å². The highest BCUT2D eigenvalue weighted by molar-refractivity contribution is 14.1. The summed E-state index contributed by atoms with van der Waals surface area (Å²) in [5.74, 6) is -2.53. The summed E-state index contributed by atoms with van der Waals surface area (Å²) in [5, 5.41) is 2.23. The quantitative estimate of drug-likeness (QED) is 0.0666. The van der Waals surface area contributed by atoms with Crippen molar-refractivity contribution in [2.75, 3.05) is 0 Å². The summed E-state index contributed by atoms with van der Waals surface area (Å²) in [4.78, 5) is 24.3. The van der Waals surface area contributed by atoms with Gasteiger partial charge in [0.2, 0.25) is 0 Å². The van der Waals surface area contributed by atoms with Crippen LogP contribution in [0, 0.1) is 11.6 Å². The number of aromatic nitrogens is 2. The standard InChI is InChI=1S/C31H38FNO4.C23H27BFNO2.C14H23IO4/c1-20(2)33-26-11-9-8-10-25(26)29(21-12-14-22(32)15-13-21)27(33)17-16-23-18-24(36-31(6,7)35-23)19-28(34)37-30(3,4)5;1-15(2)26-19-10-8-7-9-18(19)20(16-11-13-17(25)14-12-16)21(26)24-27-22(3,4)23(5,6)28-24;1-13(2,3)19-12(16)9-11-8-10(6-7-15)17-14(4,5)18-11/h8-17,20,23-24H,18-19H2,1-7H3;7-15H,1-6H3;6-7,10-11H,8-9H2,1-5H3. The topological polar surface area (TPSA) is 118 Å². The zero-order chi connectivity index (χ0) is 61.9. The lowest BCUT2D eigenvalue weighted by atomic mass is 9.79. The Morgan fingerprint density at radius 3 is 1.40 bits per heavy atom. The molecule has 0 amide bonds. The van der Waals surface area contributed by atoms with Gasteiger partial charge >= 0.3 is 19.1 Å². The molecule has 4 unspecified atom stereocenters. The number of benzene rings is 4. The molecule has 0 bridgehead atoms. The molecule has 3 aliphatic rings. The minimum atomic E-state index is -0.843. The Morgan fingerprint density at radius 2 is 0.988 bits per heavy atom. The van der Waals surface area contributed by atoms with E-state index >= 15 is 0 Å². The SMILES string of the molecule is CC(C)(C)OC(=O)CC1CC(C=CI)OC(C)(C)O1.CC(C)n1c(B2OC(C)(C)C(C)(C)O2)c(-c2ccc(F)cc2)c2ccccc21.CC(C)n1c(C=CC2CC(CC(=O)OC(C)(C)C)OC(C)(C)O2)c(-c2ccc(F)cc2)c2ccccc21. The van der Waals surface area contributed by atoms with E-state index in [1.54, 1.807) is 0 Å². The van der Waals surface area contributed by atoms with Crippen LogP contribution in [0.2, 0.25) is 0 Å². The first-order chi connectivity index (χ1) is 39.1. The van der Waals surface area contributed by atoms with Crippen LogP contribution < -0.4 is 5.59 Å². The predicted molar refractivity (Wildman–Crippen MR) is 341 cm³/mol. The maximum absolute atomic E-state index is 13.8. The summed E-state index contributed by atoms with van der Waals surface area (Å²) < 4.78 is 81.4. The Bertz CT molecular complexity index is 3280. The second-order valence-corrected chi connectivity index (χ2v) is 27.1. The molecule has 84 heavy (non-hydrogen) atoms. The molecular formula is C68H88BF2IN2O10. The Kier molecular flexibility index (Phi) is 20.9. The lowest BCUT2D eigenvalue weighted by molar-refractivity contribution is -0.291. The molecular weight excluding hydrogens is 1180 g/mol. The van der Waals surface area contributed by atoms with E-state index < -0.39 is 41.1 Å². The Hall–Kier alpha value is -5.21. The number of rotatable bonds is 12. The number of ether oxygens (including phenoxy) is 6. The summed E-state index contributed by atoms with van der Waals surface area (Å²) in [6, 6.07) is 30.3. The molecule has 0 saturated carbocycles. The van der Waals surface area contributed by atoms with Crippen molar-refractivity contribution >= 4 is 75.1 Å². The molecule has 3 fully saturated rings. The molecule has 0 spiro atoms. The lowest BCUT2D eigenvalue weighted by Gasteiger charge is -2.39. The van der Waals surface area contributed by atoms with Crippen LogP contribution in [0.1, 0.15) is 168 Å². The largest absolute Gasteiger partial charge is 0.513 e. The van der Waals surface area contributed by atoms with Gasteiger partial charge in [-0.15, -0.1) is 0 Å². The van der Waals surface area contributed by atoms with Crippen LogP contribution in [0.15, 0.2) is 113 Å².